The molecule has 1 aliphatic rings. The fourth-order valence-corrected chi connectivity index (χ4v) is 5.55. The van der Waals surface area contributed by atoms with Crippen LogP contribution in [-0.2, 0) is 23.8 Å². The molecule has 1 rings (SSSR count). The van der Waals surface area contributed by atoms with Crippen LogP contribution < -0.4 is 0 Å². The zero-order valence-electron chi connectivity index (χ0n) is 27.3. The van der Waals surface area contributed by atoms with Gasteiger partial charge in [0, 0.05) is 6.42 Å². The van der Waals surface area contributed by atoms with E-state index in [0.717, 1.165) is 38.5 Å². The average Bonchev–Trinajstić information content (AvgIpc) is 3.00. The second-order valence-electron chi connectivity index (χ2n) is 12.4. The van der Waals surface area contributed by atoms with Crippen LogP contribution in [0, 0.1) is 0 Å². The number of esters is 2. The van der Waals surface area contributed by atoms with Gasteiger partial charge in [-0.05, 0) is 19.3 Å². The van der Waals surface area contributed by atoms with Gasteiger partial charge >= 0.3 is 11.9 Å². The maximum atomic E-state index is 13.0. The predicted octanol–water partition coefficient (Wildman–Crippen LogP) is 6.25. The number of aliphatic hydroxyl groups excluding tert-OH is 4. The summed E-state index contributed by atoms with van der Waals surface area (Å²) in [7, 11) is 0. The Bertz CT molecular complexity index is 687. The Morgan fingerprint density at radius 2 is 1.07 bits per heavy atom. The highest BCUT2D eigenvalue weighted by Gasteiger charge is 2.46. The highest BCUT2D eigenvalue weighted by atomic mass is 16.7. The number of aliphatic hydroxyl groups is 4. The summed E-state index contributed by atoms with van der Waals surface area (Å²) in [4.78, 5) is 25.7. The van der Waals surface area contributed by atoms with Crippen molar-refractivity contribution in [1.29, 1.82) is 0 Å². The third-order valence-corrected chi connectivity index (χ3v) is 8.42. The van der Waals surface area contributed by atoms with Crippen LogP contribution in [0.2, 0.25) is 0 Å². The van der Waals surface area contributed by atoms with Crippen molar-refractivity contribution in [2.45, 2.75) is 198 Å². The number of unbranched alkanes of at least 4 members (excludes halogenated alkanes) is 19. The summed E-state index contributed by atoms with van der Waals surface area (Å²) < 4.78 is 16.2. The van der Waals surface area contributed by atoms with Gasteiger partial charge in [0.2, 0.25) is 6.29 Å². The maximum absolute atomic E-state index is 13.0. The van der Waals surface area contributed by atoms with E-state index in [1.807, 2.05) is 0 Å². The minimum atomic E-state index is -1.70. The minimum Gasteiger partial charge on any atom is -0.450 e. The van der Waals surface area contributed by atoms with Gasteiger partial charge in [0.25, 0.3) is 0 Å². The average molecular weight is 617 g/mol. The third kappa shape index (κ3) is 18.3. The SMILES string of the molecule is CCCCCCCCCCCCCC(=O)OC(CCCCCCCCCCCC)C(=O)OC1O[C@H](CO)[C@@H](O)[C@H](O)[C@H]1O. The zero-order chi connectivity index (χ0) is 31.7. The van der Waals surface area contributed by atoms with Gasteiger partial charge in [0.1, 0.15) is 24.4 Å². The number of ether oxygens (including phenoxy) is 3. The number of hydrogen-bond acceptors (Lipinski definition) is 9. The molecule has 0 spiro atoms. The van der Waals surface area contributed by atoms with E-state index in [9.17, 15) is 30.0 Å². The molecular formula is C34H64O9. The predicted molar refractivity (Wildman–Crippen MR) is 167 cm³/mol. The maximum Gasteiger partial charge on any atom is 0.349 e. The normalized spacial score (nSPS) is 22.8. The smallest absolute Gasteiger partial charge is 0.349 e. The second-order valence-corrected chi connectivity index (χ2v) is 12.4. The van der Waals surface area contributed by atoms with Crippen LogP contribution in [0.15, 0.2) is 0 Å². The molecule has 1 aliphatic heterocycles. The van der Waals surface area contributed by atoms with Crippen LogP contribution in [0.3, 0.4) is 0 Å². The monoisotopic (exact) mass is 616 g/mol. The van der Waals surface area contributed by atoms with Gasteiger partial charge in [0.05, 0.1) is 6.61 Å². The largest absolute Gasteiger partial charge is 0.450 e. The van der Waals surface area contributed by atoms with E-state index in [0.29, 0.717) is 12.8 Å². The summed E-state index contributed by atoms with van der Waals surface area (Å²) in [6.45, 7) is 3.81. The van der Waals surface area contributed by atoms with E-state index < -0.39 is 55.4 Å². The summed E-state index contributed by atoms with van der Waals surface area (Å²) in [6, 6.07) is 0. The van der Waals surface area contributed by atoms with E-state index in [1.54, 1.807) is 0 Å². The van der Waals surface area contributed by atoms with Crippen LogP contribution in [0.5, 0.6) is 0 Å². The molecule has 0 amide bonds. The number of carbonyl (C=O) groups is 2. The molecule has 0 bridgehead atoms. The molecule has 1 saturated heterocycles. The summed E-state index contributed by atoms with van der Waals surface area (Å²) in [6.07, 6.45) is 15.8. The molecule has 43 heavy (non-hydrogen) atoms. The summed E-state index contributed by atoms with van der Waals surface area (Å²) in [5.41, 5.74) is 0. The molecule has 1 heterocycles. The van der Waals surface area contributed by atoms with Crippen molar-refractivity contribution >= 4 is 11.9 Å². The molecule has 0 aromatic rings. The molecule has 1 fully saturated rings. The van der Waals surface area contributed by atoms with Crippen molar-refractivity contribution in [3.63, 3.8) is 0 Å². The third-order valence-electron chi connectivity index (χ3n) is 8.42. The molecule has 0 aromatic carbocycles. The fraction of sp³-hybridized carbons (Fsp3) is 0.941. The van der Waals surface area contributed by atoms with Crippen molar-refractivity contribution < 1.29 is 44.2 Å². The molecule has 0 aromatic heterocycles. The lowest BCUT2D eigenvalue weighted by Gasteiger charge is -2.39. The molecule has 9 heteroatoms. The number of carbonyl (C=O) groups excluding carboxylic acids is 2. The molecule has 0 radical (unpaired) electrons. The van der Waals surface area contributed by atoms with Crippen LogP contribution in [-0.4, -0.2) is 75.8 Å². The summed E-state index contributed by atoms with van der Waals surface area (Å²) in [5.74, 6) is -1.33. The molecule has 0 aliphatic carbocycles. The second kappa shape index (κ2) is 26.0. The fourth-order valence-electron chi connectivity index (χ4n) is 5.55. The molecule has 6 atom stereocenters. The Labute approximate surface area is 261 Å². The van der Waals surface area contributed by atoms with E-state index >= 15 is 0 Å². The summed E-state index contributed by atoms with van der Waals surface area (Å²) >= 11 is 0. The molecular weight excluding hydrogens is 552 g/mol. The highest BCUT2D eigenvalue weighted by molar-refractivity contribution is 5.79. The topological polar surface area (TPSA) is 143 Å². The molecule has 2 unspecified atom stereocenters. The highest BCUT2D eigenvalue weighted by Crippen LogP contribution is 2.24. The Balaban J connectivity index is 2.47. The van der Waals surface area contributed by atoms with Crippen molar-refractivity contribution in [1.82, 2.24) is 0 Å². The van der Waals surface area contributed by atoms with Crippen LogP contribution in [0.25, 0.3) is 0 Å². The number of rotatable bonds is 27. The Hall–Kier alpha value is -1.26. The van der Waals surface area contributed by atoms with Gasteiger partial charge in [-0.1, -0.05) is 136 Å². The Morgan fingerprint density at radius 1 is 0.628 bits per heavy atom. The van der Waals surface area contributed by atoms with Gasteiger partial charge < -0.3 is 34.6 Å². The van der Waals surface area contributed by atoms with Gasteiger partial charge in [-0.15, -0.1) is 0 Å². The standard InChI is InChI=1S/C34H64O9/c1-3-5-7-9-11-13-15-17-19-21-23-25-29(36)41-27(24-22-20-18-16-14-12-10-8-6-4-2)33(40)43-34-32(39)31(38)30(37)28(26-35)42-34/h27-28,30-32,34-35,37-39H,3-26H2,1-2H3/t27?,28-,30-,31+,32-,34?/m1/s1. The van der Waals surface area contributed by atoms with E-state index in [1.165, 1.54) is 83.5 Å². The van der Waals surface area contributed by atoms with Gasteiger partial charge in [0.15, 0.2) is 6.10 Å². The molecule has 9 nitrogen and oxygen atoms in total. The van der Waals surface area contributed by atoms with E-state index in [4.69, 9.17) is 14.2 Å². The summed E-state index contributed by atoms with van der Waals surface area (Å²) in [5, 5.41) is 39.7. The van der Waals surface area contributed by atoms with Gasteiger partial charge in [-0.25, -0.2) is 4.79 Å². The first-order valence-electron chi connectivity index (χ1n) is 17.6. The lowest BCUT2D eigenvalue weighted by atomic mass is 9.99. The van der Waals surface area contributed by atoms with Gasteiger partial charge in [-0.3, -0.25) is 4.79 Å². The Kier molecular flexibility index (Phi) is 24.0. The van der Waals surface area contributed by atoms with Crippen molar-refractivity contribution in [3.8, 4) is 0 Å². The lowest BCUT2D eigenvalue weighted by Crippen LogP contribution is -2.59. The lowest BCUT2D eigenvalue weighted by molar-refractivity contribution is -0.294. The van der Waals surface area contributed by atoms with Crippen LogP contribution in [0.1, 0.15) is 162 Å². The van der Waals surface area contributed by atoms with E-state index in [2.05, 4.69) is 13.8 Å². The van der Waals surface area contributed by atoms with E-state index in [-0.39, 0.29) is 12.8 Å². The van der Waals surface area contributed by atoms with Crippen LogP contribution >= 0.6 is 0 Å². The molecule has 254 valence electrons. The van der Waals surface area contributed by atoms with Crippen molar-refractivity contribution in [2.24, 2.45) is 0 Å². The molecule has 0 saturated carbocycles. The first-order chi connectivity index (χ1) is 20.8. The minimum absolute atomic E-state index is 0.221. The molecule has 4 N–H and O–H groups in total. The van der Waals surface area contributed by atoms with Gasteiger partial charge in [-0.2, -0.15) is 0 Å². The first-order valence-corrected chi connectivity index (χ1v) is 17.6. The zero-order valence-corrected chi connectivity index (χ0v) is 27.3. The quantitative estimate of drug-likeness (QED) is 0.0622. The van der Waals surface area contributed by atoms with Crippen molar-refractivity contribution in [3.05, 3.63) is 0 Å². The Morgan fingerprint density at radius 3 is 1.53 bits per heavy atom. The first kappa shape index (κ1) is 39.8. The van der Waals surface area contributed by atoms with Crippen LogP contribution in [0.4, 0.5) is 0 Å². The van der Waals surface area contributed by atoms with Crippen molar-refractivity contribution in [2.75, 3.05) is 6.61 Å². The number of hydrogen-bond donors (Lipinski definition) is 4.